The molecular weight excluding hydrogens is 284 g/mol. The molecule has 1 saturated heterocycles. The van der Waals surface area contributed by atoms with Crippen molar-refractivity contribution in [3.8, 4) is 0 Å². The lowest BCUT2D eigenvalue weighted by atomic mass is 10.2. The second-order valence-corrected chi connectivity index (χ2v) is 8.04. The summed E-state index contributed by atoms with van der Waals surface area (Å²) in [5.74, 6) is 0. The highest BCUT2D eigenvalue weighted by Crippen LogP contribution is 2.26. The van der Waals surface area contributed by atoms with Crippen molar-refractivity contribution < 1.29 is 13.2 Å². The number of hydrogen-bond acceptors (Lipinski definition) is 5. The van der Waals surface area contributed by atoms with E-state index < -0.39 is 10.0 Å². The van der Waals surface area contributed by atoms with Crippen LogP contribution in [0.4, 0.5) is 0 Å². The summed E-state index contributed by atoms with van der Waals surface area (Å²) in [7, 11) is -3.40. The van der Waals surface area contributed by atoms with Crippen molar-refractivity contribution in [2.24, 2.45) is 5.73 Å². The van der Waals surface area contributed by atoms with Gasteiger partial charge in [0.1, 0.15) is 4.21 Å². The maximum atomic E-state index is 12.5. The van der Waals surface area contributed by atoms with E-state index >= 15 is 0 Å². The van der Waals surface area contributed by atoms with E-state index in [0.29, 0.717) is 23.9 Å². The molecule has 2 heterocycles. The van der Waals surface area contributed by atoms with Crippen molar-refractivity contribution in [1.29, 1.82) is 0 Å². The van der Waals surface area contributed by atoms with Crippen LogP contribution < -0.4 is 5.73 Å². The average Bonchev–Trinajstić information content (AvgIpc) is 2.88. The molecule has 2 rings (SSSR count). The minimum Gasteiger partial charge on any atom is -0.374 e. The Morgan fingerprint density at radius 2 is 2.32 bits per heavy atom. The summed E-state index contributed by atoms with van der Waals surface area (Å²) in [6.07, 6.45) is 0.625. The molecule has 0 aromatic carbocycles. The lowest BCUT2D eigenvalue weighted by molar-refractivity contribution is -0.0119. The maximum Gasteiger partial charge on any atom is 0.252 e. The predicted molar refractivity (Wildman–Crippen MR) is 75.8 cm³/mol. The highest BCUT2D eigenvalue weighted by atomic mass is 32.2. The van der Waals surface area contributed by atoms with Crippen LogP contribution in [-0.2, 0) is 21.2 Å². The first-order valence-electron chi connectivity index (χ1n) is 6.41. The number of hydrogen-bond donors (Lipinski definition) is 1. The minimum absolute atomic E-state index is 0.174. The molecular formula is C12H20N2O3S2. The Balaban J connectivity index is 2.19. The van der Waals surface area contributed by atoms with Crippen molar-refractivity contribution in [2.45, 2.75) is 36.6 Å². The Hall–Kier alpha value is -0.470. The van der Waals surface area contributed by atoms with Gasteiger partial charge in [-0.25, -0.2) is 8.42 Å². The summed E-state index contributed by atoms with van der Waals surface area (Å²) in [5.41, 5.74) is 5.79. The topological polar surface area (TPSA) is 72.6 Å². The lowest BCUT2D eigenvalue weighted by Gasteiger charge is -2.33. The van der Waals surface area contributed by atoms with Crippen molar-refractivity contribution in [3.63, 3.8) is 0 Å². The molecule has 108 valence electrons. The summed E-state index contributed by atoms with van der Waals surface area (Å²) in [6.45, 7) is 4.98. The lowest BCUT2D eigenvalue weighted by Crippen LogP contribution is -2.51. The van der Waals surface area contributed by atoms with Crippen molar-refractivity contribution in [2.75, 3.05) is 19.7 Å². The van der Waals surface area contributed by atoms with Crippen LogP contribution in [0.3, 0.4) is 0 Å². The molecule has 1 aliphatic rings. The Kier molecular flexibility index (Phi) is 4.62. The second-order valence-electron chi connectivity index (χ2n) is 4.71. The Labute approximate surface area is 118 Å². The van der Waals surface area contributed by atoms with Gasteiger partial charge in [0.25, 0.3) is 10.0 Å². The molecule has 1 aliphatic heterocycles. The normalized spacial score (nSPS) is 23.4. The van der Waals surface area contributed by atoms with Gasteiger partial charge in [-0.15, -0.1) is 11.3 Å². The minimum atomic E-state index is -3.40. The maximum absolute atomic E-state index is 12.5. The van der Waals surface area contributed by atoms with Gasteiger partial charge < -0.3 is 10.5 Å². The van der Waals surface area contributed by atoms with Gasteiger partial charge in [-0.2, -0.15) is 4.31 Å². The van der Waals surface area contributed by atoms with E-state index in [1.807, 2.05) is 19.9 Å². The smallest absolute Gasteiger partial charge is 0.252 e. The van der Waals surface area contributed by atoms with E-state index in [1.165, 1.54) is 15.6 Å². The fraction of sp³-hybridized carbons (Fsp3) is 0.667. The van der Waals surface area contributed by atoms with E-state index in [-0.39, 0.29) is 12.1 Å². The molecule has 2 atom stereocenters. The Morgan fingerprint density at radius 1 is 1.58 bits per heavy atom. The van der Waals surface area contributed by atoms with Crippen LogP contribution in [0.15, 0.2) is 16.3 Å². The highest BCUT2D eigenvalue weighted by Gasteiger charge is 2.32. The summed E-state index contributed by atoms with van der Waals surface area (Å²) in [4.78, 5) is 1.08. The zero-order valence-electron chi connectivity index (χ0n) is 11.2. The third-order valence-corrected chi connectivity index (χ3v) is 6.78. The Bertz CT molecular complexity index is 525. The fourth-order valence-corrected chi connectivity index (χ4v) is 4.89. The van der Waals surface area contributed by atoms with Gasteiger partial charge in [0.05, 0.1) is 12.7 Å². The van der Waals surface area contributed by atoms with Crippen LogP contribution in [0.2, 0.25) is 0 Å². The van der Waals surface area contributed by atoms with Crippen molar-refractivity contribution in [1.82, 2.24) is 4.31 Å². The third kappa shape index (κ3) is 3.17. The second kappa shape index (κ2) is 5.88. The summed E-state index contributed by atoms with van der Waals surface area (Å²) in [6, 6.07) is 3.39. The summed E-state index contributed by atoms with van der Waals surface area (Å²) < 4.78 is 32.4. The molecule has 7 heteroatoms. The molecule has 2 unspecified atom stereocenters. The van der Waals surface area contributed by atoms with Crippen molar-refractivity contribution in [3.05, 3.63) is 17.0 Å². The van der Waals surface area contributed by atoms with E-state index in [1.54, 1.807) is 6.07 Å². The first-order valence-corrected chi connectivity index (χ1v) is 8.67. The highest BCUT2D eigenvalue weighted by molar-refractivity contribution is 7.91. The molecule has 5 nitrogen and oxygen atoms in total. The van der Waals surface area contributed by atoms with Crippen molar-refractivity contribution >= 4 is 21.4 Å². The zero-order chi connectivity index (χ0) is 14.0. The largest absolute Gasteiger partial charge is 0.374 e. The quantitative estimate of drug-likeness (QED) is 0.902. The van der Waals surface area contributed by atoms with Gasteiger partial charge in [-0.05, 0) is 25.5 Å². The van der Waals surface area contributed by atoms with Gasteiger partial charge >= 0.3 is 0 Å². The molecule has 2 N–H and O–H groups in total. The fourth-order valence-electron chi connectivity index (χ4n) is 2.00. The van der Waals surface area contributed by atoms with Gasteiger partial charge in [0.15, 0.2) is 0 Å². The van der Waals surface area contributed by atoms with E-state index in [4.69, 9.17) is 10.5 Å². The average molecular weight is 304 g/mol. The SMILES string of the molecule is CCc1ccc(S(=O)(=O)N2CCOC(C(C)N)C2)s1. The van der Waals surface area contributed by atoms with Gasteiger partial charge in [-0.1, -0.05) is 6.92 Å². The number of nitrogens with zero attached hydrogens (tertiary/aromatic N) is 1. The van der Waals surface area contributed by atoms with E-state index in [2.05, 4.69) is 0 Å². The number of sulfonamides is 1. The third-order valence-electron chi connectivity index (χ3n) is 3.22. The van der Waals surface area contributed by atoms with E-state index in [9.17, 15) is 8.42 Å². The number of nitrogens with two attached hydrogens (primary N) is 1. The number of aryl methyl sites for hydroxylation is 1. The number of rotatable bonds is 4. The van der Waals surface area contributed by atoms with Gasteiger partial charge in [0.2, 0.25) is 0 Å². The van der Waals surface area contributed by atoms with Gasteiger partial charge in [-0.3, -0.25) is 0 Å². The molecule has 1 aromatic rings. The molecule has 0 bridgehead atoms. The molecule has 0 saturated carbocycles. The number of morpholine rings is 1. The van der Waals surface area contributed by atoms with Crippen LogP contribution in [0.1, 0.15) is 18.7 Å². The van der Waals surface area contributed by atoms with Crippen LogP contribution in [0.5, 0.6) is 0 Å². The molecule has 19 heavy (non-hydrogen) atoms. The van der Waals surface area contributed by atoms with E-state index in [0.717, 1.165) is 11.3 Å². The molecule has 0 radical (unpaired) electrons. The van der Waals surface area contributed by atoms with Crippen LogP contribution >= 0.6 is 11.3 Å². The van der Waals surface area contributed by atoms with Crippen LogP contribution in [0, 0.1) is 0 Å². The molecule has 0 aliphatic carbocycles. The standard InChI is InChI=1S/C12H20N2O3S2/c1-3-10-4-5-12(18-10)19(15,16)14-6-7-17-11(8-14)9(2)13/h4-5,9,11H,3,6-8,13H2,1-2H3. The summed E-state index contributed by atoms with van der Waals surface area (Å²) >= 11 is 1.34. The summed E-state index contributed by atoms with van der Waals surface area (Å²) in [5, 5.41) is 0. The van der Waals surface area contributed by atoms with Crippen LogP contribution in [0.25, 0.3) is 0 Å². The molecule has 0 spiro atoms. The molecule has 1 aromatic heterocycles. The zero-order valence-corrected chi connectivity index (χ0v) is 12.8. The molecule has 0 amide bonds. The monoisotopic (exact) mass is 304 g/mol. The number of thiophene rings is 1. The molecule has 1 fully saturated rings. The Morgan fingerprint density at radius 3 is 2.89 bits per heavy atom. The number of ether oxygens (including phenoxy) is 1. The first kappa shape index (κ1) is 14.9. The van der Waals surface area contributed by atoms with Gasteiger partial charge in [0, 0.05) is 24.0 Å². The predicted octanol–water partition coefficient (Wildman–Crippen LogP) is 1.05. The first-order chi connectivity index (χ1) is 8.95. The van der Waals surface area contributed by atoms with Crippen LogP contribution in [-0.4, -0.2) is 44.6 Å².